The molecular weight excluding hydrogens is 271 g/mol. The molecule has 0 aliphatic carbocycles. The van der Waals surface area contributed by atoms with E-state index in [1.54, 1.807) is 11.3 Å². The Morgan fingerprint density at radius 2 is 1.63 bits per heavy atom. The van der Waals surface area contributed by atoms with Crippen molar-refractivity contribution in [3.05, 3.63) is 56.5 Å². The van der Waals surface area contributed by atoms with Gasteiger partial charge in [0.15, 0.2) is 11.6 Å². The van der Waals surface area contributed by atoms with Crippen LogP contribution in [0.1, 0.15) is 20.9 Å². The standard InChI is InChI=1S/C14H14F3NS/c1-8-3-11(19-9(8)2)7-18-6-10-4-13(16)14(17)5-12(10)15/h3-5,18H,6-7H2,1-2H3. The van der Waals surface area contributed by atoms with E-state index in [0.29, 0.717) is 12.6 Å². The van der Waals surface area contributed by atoms with Crippen LogP contribution in [0.2, 0.25) is 0 Å². The van der Waals surface area contributed by atoms with E-state index in [-0.39, 0.29) is 12.1 Å². The van der Waals surface area contributed by atoms with Crippen LogP contribution >= 0.6 is 11.3 Å². The number of nitrogens with one attached hydrogen (secondary N) is 1. The highest BCUT2D eigenvalue weighted by Crippen LogP contribution is 2.20. The summed E-state index contributed by atoms with van der Waals surface area (Å²) in [5.74, 6) is -2.92. The minimum absolute atomic E-state index is 0.129. The lowest BCUT2D eigenvalue weighted by molar-refractivity contribution is 0.487. The number of aryl methyl sites for hydroxylation is 2. The van der Waals surface area contributed by atoms with Crippen LogP contribution in [-0.2, 0) is 13.1 Å². The van der Waals surface area contributed by atoms with E-state index in [0.717, 1.165) is 10.9 Å². The molecule has 0 bridgehead atoms. The smallest absolute Gasteiger partial charge is 0.161 e. The molecule has 1 aromatic carbocycles. The molecule has 1 nitrogen and oxygen atoms in total. The quantitative estimate of drug-likeness (QED) is 0.835. The Bertz CT molecular complexity index is 573. The molecule has 1 heterocycles. The lowest BCUT2D eigenvalue weighted by atomic mass is 10.2. The highest BCUT2D eigenvalue weighted by molar-refractivity contribution is 7.12. The van der Waals surface area contributed by atoms with Gasteiger partial charge in [0.05, 0.1) is 0 Å². The van der Waals surface area contributed by atoms with Gasteiger partial charge in [0.1, 0.15) is 5.82 Å². The highest BCUT2D eigenvalue weighted by Gasteiger charge is 2.09. The summed E-state index contributed by atoms with van der Waals surface area (Å²) in [5, 5.41) is 3.03. The molecule has 5 heteroatoms. The average molecular weight is 285 g/mol. The molecule has 0 fully saturated rings. The van der Waals surface area contributed by atoms with Gasteiger partial charge in [-0.1, -0.05) is 0 Å². The first-order chi connectivity index (χ1) is 8.97. The van der Waals surface area contributed by atoms with Gasteiger partial charge >= 0.3 is 0 Å². The Morgan fingerprint density at radius 3 is 2.26 bits per heavy atom. The maximum absolute atomic E-state index is 13.4. The summed E-state index contributed by atoms with van der Waals surface area (Å²) < 4.78 is 39.1. The van der Waals surface area contributed by atoms with Crippen LogP contribution < -0.4 is 5.32 Å². The molecular formula is C14H14F3NS. The number of thiophene rings is 1. The van der Waals surface area contributed by atoms with Gasteiger partial charge in [0, 0.05) is 34.5 Å². The molecule has 0 amide bonds. The third kappa shape index (κ3) is 3.36. The second-order valence-electron chi connectivity index (χ2n) is 4.41. The summed E-state index contributed by atoms with van der Waals surface area (Å²) >= 11 is 1.67. The second kappa shape index (κ2) is 5.75. The van der Waals surface area contributed by atoms with Crippen LogP contribution in [0, 0.1) is 31.3 Å². The van der Waals surface area contributed by atoms with Crippen molar-refractivity contribution in [3.8, 4) is 0 Å². The van der Waals surface area contributed by atoms with Crippen molar-refractivity contribution >= 4 is 11.3 Å². The molecule has 0 radical (unpaired) electrons. The molecule has 102 valence electrons. The normalized spacial score (nSPS) is 11.0. The van der Waals surface area contributed by atoms with Crippen molar-refractivity contribution in [1.82, 2.24) is 5.32 Å². The molecule has 1 N–H and O–H groups in total. The number of halogens is 3. The van der Waals surface area contributed by atoms with Crippen LogP contribution in [0.15, 0.2) is 18.2 Å². The lowest BCUT2D eigenvalue weighted by Crippen LogP contribution is -2.13. The van der Waals surface area contributed by atoms with Gasteiger partial charge in [-0.2, -0.15) is 0 Å². The molecule has 0 saturated heterocycles. The first kappa shape index (κ1) is 14.1. The Kier molecular flexibility index (Phi) is 4.27. The van der Waals surface area contributed by atoms with E-state index in [4.69, 9.17) is 0 Å². The van der Waals surface area contributed by atoms with Crippen LogP contribution in [0.25, 0.3) is 0 Å². The van der Waals surface area contributed by atoms with Crippen molar-refractivity contribution < 1.29 is 13.2 Å². The van der Waals surface area contributed by atoms with Crippen molar-refractivity contribution in [1.29, 1.82) is 0 Å². The average Bonchev–Trinajstić information content (AvgIpc) is 2.65. The molecule has 0 aliphatic rings. The van der Waals surface area contributed by atoms with Crippen LogP contribution in [0.5, 0.6) is 0 Å². The van der Waals surface area contributed by atoms with Gasteiger partial charge in [-0.25, -0.2) is 13.2 Å². The molecule has 2 aromatic rings. The molecule has 0 saturated carbocycles. The minimum atomic E-state index is -1.16. The summed E-state index contributed by atoms with van der Waals surface area (Å²) in [4.78, 5) is 2.38. The van der Waals surface area contributed by atoms with Crippen molar-refractivity contribution in [3.63, 3.8) is 0 Å². The Balaban J connectivity index is 1.97. The van der Waals surface area contributed by atoms with E-state index >= 15 is 0 Å². The summed E-state index contributed by atoms with van der Waals surface area (Å²) in [6, 6.07) is 3.53. The molecule has 0 unspecified atom stereocenters. The van der Waals surface area contributed by atoms with E-state index in [1.165, 1.54) is 10.4 Å². The first-order valence-corrected chi connectivity index (χ1v) is 6.69. The van der Waals surface area contributed by atoms with Crippen LogP contribution in [0.4, 0.5) is 13.2 Å². The first-order valence-electron chi connectivity index (χ1n) is 5.87. The molecule has 1 aromatic heterocycles. The lowest BCUT2D eigenvalue weighted by Gasteiger charge is -2.05. The fourth-order valence-corrected chi connectivity index (χ4v) is 2.78. The fraction of sp³-hybridized carbons (Fsp3) is 0.286. The second-order valence-corrected chi connectivity index (χ2v) is 5.75. The van der Waals surface area contributed by atoms with Crippen LogP contribution in [0.3, 0.4) is 0 Å². The zero-order chi connectivity index (χ0) is 14.0. The summed E-state index contributed by atoms with van der Waals surface area (Å²) in [6.07, 6.45) is 0. The van der Waals surface area contributed by atoms with Crippen LogP contribution in [-0.4, -0.2) is 0 Å². The Labute approximate surface area is 114 Å². The third-order valence-corrected chi connectivity index (χ3v) is 4.07. The summed E-state index contributed by atoms with van der Waals surface area (Å²) in [6.45, 7) is 4.82. The number of rotatable bonds is 4. The Hall–Kier alpha value is -1.33. The monoisotopic (exact) mass is 285 g/mol. The van der Waals surface area contributed by atoms with E-state index in [9.17, 15) is 13.2 Å². The molecule has 2 rings (SSSR count). The fourth-order valence-electron chi connectivity index (χ4n) is 1.76. The molecule has 0 aliphatic heterocycles. The number of benzene rings is 1. The molecule has 0 atom stereocenters. The van der Waals surface area contributed by atoms with E-state index in [1.807, 2.05) is 13.8 Å². The zero-order valence-corrected chi connectivity index (χ0v) is 11.5. The van der Waals surface area contributed by atoms with Crippen molar-refractivity contribution in [2.24, 2.45) is 0 Å². The van der Waals surface area contributed by atoms with Crippen molar-refractivity contribution in [2.75, 3.05) is 0 Å². The number of hydrogen-bond donors (Lipinski definition) is 1. The maximum Gasteiger partial charge on any atom is 0.161 e. The highest BCUT2D eigenvalue weighted by atomic mass is 32.1. The van der Waals surface area contributed by atoms with Gasteiger partial charge < -0.3 is 5.32 Å². The largest absolute Gasteiger partial charge is 0.308 e. The molecule has 0 spiro atoms. The number of hydrogen-bond acceptors (Lipinski definition) is 2. The van der Waals surface area contributed by atoms with Gasteiger partial charge in [0.25, 0.3) is 0 Å². The molecule has 19 heavy (non-hydrogen) atoms. The van der Waals surface area contributed by atoms with E-state index < -0.39 is 17.5 Å². The van der Waals surface area contributed by atoms with Gasteiger partial charge in [0.2, 0.25) is 0 Å². The summed E-state index contributed by atoms with van der Waals surface area (Å²) in [7, 11) is 0. The minimum Gasteiger partial charge on any atom is -0.308 e. The predicted octanol–water partition coefficient (Wildman–Crippen LogP) is 4.07. The Morgan fingerprint density at radius 1 is 0.947 bits per heavy atom. The topological polar surface area (TPSA) is 12.0 Å². The van der Waals surface area contributed by atoms with Gasteiger partial charge in [-0.3, -0.25) is 0 Å². The van der Waals surface area contributed by atoms with E-state index in [2.05, 4.69) is 11.4 Å². The summed E-state index contributed by atoms with van der Waals surface area (Å²) in [5.41, 5.74) is 1.35. The van der Waals surface area contributed by atoms with Gasteiger partial charge in [-0.15, -0.1) is 11.3 Å². The predicted molar refractivity (Wildman–Crippen MR) is 70.7 cm³/mol. The maximum atomic E-state index is 13.4. The van der Waals surface area contributed by atoms with Crippen molar-refractivity contribution in [2.45, 2.75) is 26.9 Å². The van der Waals surface area contributed by atoms with Gasteiger partial charge in [-0.05, 0) is 31.5 Å². The third-order valence-electron chi connectivity index (χ3n) is 2.92. The SMILES string of the molecule is Cc1cc(CNCc2cc(F)c(F)cc2F)sc1C. The zero-order valence-electron chi connectivity index (χ0n) is 10.7.